The normalized spacial score (nSPS) is 12.2. The highest BCUT2D eigenvalue weighted by Crippen LogP contribution is 2.19. The molecule has 126 valence electrons. The Kier molecular flexibility index (Phi) is 5.64. The molecule has 0 fully saturated rings. The number of hydrazone groups is 1. The summed E-state index contributed by atoms with van der Waals surface area (Å²) in [6.45, 7) is 3.80. The number of hydrogen-bond donors (Lipinski definition) is 3. The minimum atomic E-state index is -0.574. The Morgan fingerprint density at radius 1 is 1.46 bits per heavy atom. The van der Waals surface area contributed by atoms with Crippen molar-refractivity contribution in [2.45, 2.75) is 26.3 Å². The summed E-state index contributed by atoms with van der Waals surface area (Å²) in [7, 11) is 0. The van der Waals surface area contributed by atoms with Crippen molar-refractivity contribution in [3.05, 3.63) is 56.6 Å². The molecule has 8 heteroatoms. The summed E-state index contributed by atoms with van der Waals surface area (Å²) in [6.07, 6.45) is 1.82. The summed E-state index contributed by atoms with van der Waals surface area (Å²) in [5, 5.41) is 14.1. The molecule has 0 saturated heterocycles. The quantitative estimate of drug-likeness (QED) is 0.439. The van der Waals surface area contributed by atoms with Gasteiger partial charge < -0.3 is 5.11 Å². The summed E-state index contributed by atoms with van der Waals surface area (Å²) < 4.78 is 1.58. The van der Waals surface area contributed by atoms with E-state index in [1.54, 1.807) is 30.3 Å². The Morgan fingerprint density at radius 2 is 2.12 bits per heavy atom. The molecule has 1 atom stereocenters. The van der Waals surface area contributed by atoms with Crippen LogP contribution in [0.3, 0.4) is 0 Å². The molecule has 7 nitrogen and oxygen atoms in total. The highest BCUT2D eigenvalue weighted by molar-refractivity contribution is 7.71. The van der Waals surface area contributed by atoms with E-state index in [4.69, 9.17) is 12.2 Å². The summed E-state index contributed by atoms with van der Waals surface area (Å²) in [4.78, 5) is 26.3. The van der Waals surface area contributed by atoms with Gasteiger partial charge in [0.25, 0.3) is 11.5 Å². The third-order valence-electron chi connectivity index (χ3n) is 3.58. The van der Waals surface area contributed by atoms with Gasteiger partial charge in [0.15, 0.2) is 4.77 Å². The molecule has 3 N–H and O–H groups in total. The number of rotatable bonds is 5. The number of aromatic amines is 1. The number of aromatic nitrogens is 2. The number of benzene rings is 1. The Labute approximate surface area is 143 Å². The van der Waals surface area contributed by atoms with E-state index in [1.165, 1.54) is 4.57 Å². The number of nitrogens with one attached hydrogen (secondary N) is 2. The number of hydrogen-bond acceptors (Lipinski definition) is 5. The van der Waals surface area contributed by atoms with Crippen LogP contribution in [0.5, 0.6) is 5.88 Å². The molecule has 0 radical (unpaired) electrons. The zero-order valence-electron chi connectivity index (χ0n) is 13.3. The van der Waals surface area contributed by atoms with Crippen LogP contribution in [-0.4, -0.2) is 26.8 Å². The van der Waals surface area contributed by atoms with E-state index < -0.39 is 11.5 Å². The van der Waals surface area contributed by atoms with Crippen molar-refractivity contribution in [1.29, 1.82) is 0 Å². The molecular weight excluding hydrogens is 328 g/mol. The average molecular weight is 346 g/mol. The zero-order chi connectivity index (χ0) is 17.7. The first-order chi connectivity index (χ1) is 11.5. The second kappa shape index (κ2) is 7.69. The van der Waals surface area contributed by atoms with Gasteiger partial charge in [-0.15, -0.1) is 0 Å². The molecule has 0 unspecified atom stereocenters. The van der Waals surface area contributed by atoms with Gasteiger partial charge in [-0.2, -0.15) is 5.10 Å². The lowest BCUT2D eigenvalue weighted by Gasteiger charge is -2.16. The Bertz CT molecular complexity index is 871. The molecule has 1 aromatic heterocycles. The van der Waals surface area contributed by atoms with Crippen molar-refractivity contribution in [2.24, 2.45) is 5.10 Å². The average Bonchev–Trinajstić information content (AvgIpc) is 2.57. The molecular formula is C16H18N4O3S. The molecule has 1 aromatic carbocycles. The van der Waals surface area contributed by atoms with E-state index in [-0.39, 0.29) is 22.3 Å². The smallest absolute Gasteiger partial charge is 0.271 e. The molecule has 24 heavy (non-hydrogen) atoms. The number of carbonyl (C=O) groups is 1. The lowest BCUT2D eigenvalue weighted by molar-refractivity contribution is 0.0955. The third-order valence-corrected chi connectivity index (χ3v) is 3.88. The third kappa shape index (κ3) is 3.77. The van der Waals surface area contributed by atoms with Crippen LogP contribution in [0.2, 0.25) is 0 Å². The molecule has 0 aliphatic heterocycles. The van der Waals surface area contributed by atoms with Crippen LogP contribution in [0, 0.1) is 4.77 Å². The summed E-state index contributed by atoms with van der Waals surface area (Å²) in [5.74, 6) is -0.701. The number of H-pyrrole nitrogens is 1. The molecule has 0 aliphatic carbocycles. The number of carbonyl (C=O) groups excluding carboxylic acids is 1. The van der Waals surface area contributed by atoms with Crippen molar-refractivity contribution in [3.8, 4) is 5.88 Å². The van der Waals surface area contributed by atoms with Crippen molar-refractivity contribution in [1.82, 2.24) is 15.0 Å². The van der Waals surface area contributed by atoms with E-state index in [0.29, 0.717) is 5.56 Å². The van der Waals surface area contributed by atoms with Crippen molar-refractivity contribution >= 4 is 24.3 Å². The molecule has 0 spiro atoms. The SMILES string of the molecule is CC[C@H](C)n1c(O)c(C=NNC(=O)c2ccccc2)c(=O)[nH]c1=S. The van der Waals surface area contributed by atoms with Gasteiger partial charge in [-0.1, -0.05) is 25.1 Å². The van der Waals surface area contributed by atoms with E-state index >= 15 is 0 Å². The summed E-state index contributed by atoms with van der Waals surface area (Å²) in [5.41, 5.74) is 2.10. The first-order valence-corrected chi connectivity index (χ1v) is 7.82. The fourth-order valence-electron chi connectivity index (χ4n) is 2.07. The molecule has 2 aromatic rings. The lowest BCUT2D eigenvalue weighted by atomic mass is 10.2. The maximum Gasteiger partial charge on any atom is 0.271 e. The fourth-order valence-corrected chi connectivity index (χ4v) is 2.43. The molecule has 1 amide bonds. The molecule has 0 saturated carbocycles. The molecule has 2 rings (SSSR count). The van der Waals surface area contributed by atoms with Gasteiger partial charge >= 0.3 is 0 Å². The van der Waals surface area contributed by atoms with Gasteiger partial charge in [0.05, 0.1) is 6.21 Å². The van der Waals surface area contributed by atoms with Crippen LogP contribution >= 0.6 is 12.2 Å². The minimum Gasteiger partial charge on any atom is -0.494 e. The molecule has 1 heterocycles. The fraction of sp³-hybridized carbons (Fsp3) is 0.250. The predicted octanol–water partition coefficient (Wildman–Crippen LogP) is 2.35. The van der Waals surface area contributed by atoms with Crippen molar-refractivity contribution in [2.75, 3.05) is 0 Å². The lowest BCUT2D eigenvalue weighted by Crippen LogP contribution is -2.22. The summed E-state index contributed by atoms with van der Waals surface area (Å²) >= 11 is 5.08. The second-order valence-electron chi connectivity index (χ2n) is 5.19. The van der Waals surface area contributed by atoms with Crippen LogP contribution in [-0.2, 0) is 0 Å². The van der Waals surface area contributed by atoms with Gasteiger partial charge in [-0.25, -0.2) is 5.43 Å². The first kappa shape index (κ1) is 17.6. The topological polar surface area (TPSA) is 99.5 Å². The molecule has 0 aliphatic rings. The number of nitrogens with zero attached hydrogens (tertiary/aromatic N) is 2. The molecule has 0 bridgehead atoms. The van der Waals surface area contributed by atoms with Crippen molar-refractivity contribution < 1.29 is 9.90 Å². The summed E-state index contributed by atoms with van der Waals surface area (Å²) in [6, 6.07) is 8.43. The zero-order valence-corrected chi connectivity index (χ0v) is 14.1. The minimum absolute atomic E-state index is 0.0720. The standard InChI is InChI=1S/C16H18N4O3S/c1-3-10(2)20-15(23)12(14(22)18-16(20)24)9-17-19-13(21)11-7-5-4-6-8-11/h4-10,23H,3H2,1-2H3,(H,19,21)(H,18,22,24)/t10-/m0/s1. The van der Waals surface area contributed by atoms with Crippen LogP contribution in [0.15, 0.2) is 40.2 Å². The van der Waals surface area contributed by atoms with Crippen LogP contribution in [0.25, 0.3) is 0 Å². The first-order valence-electron chi connectivity index (χ1n) is 7.42. The van der Waals surface area contributed by atoms with E-state index in [1.807, 2.05) is 13.8 Å². The predicted molar refractivity (Wildman–Crippen MR) is 94.1 cm³/mol. The van der Waals surface area contributed by atoms with E-state index in [0.717, 1.165) is 12.6 Å². The highest BCUT2D eigenvalue weighted by Gasteiger charge is 2.14. The van der Waals surface area contributed by atoms with Crippen LogP contribution < -0.4 is 11.0 Å². The highest BCUT2D eigenvalue weighted by atomic mass is 32.1. The number of aromatic hydroxyl groups is 1. The van der Waals surface area contributed by atoms with Gasteiger partial charge in [-0.05, 0) is 37.7 Å². The maximum atomic E-state index is 12.0. The van der Waals surface area contributed by atoms with Gasteiger partial charge in [0.2, 0.25) is 5.88 Å². The second-order valence-corrected chi connectivity index (χ2v) is 5.58. The Morgan fingerprint density at radius 3 is 2.75 bits per heavy atom. The van der Waals surface area contributed by atoms with E-state index in [9.17, 15) is 14.7 Å². The van der Waals surface area contributed by atoms with Gasteiger partial charge in [0.1, 0.15) is 5.56 Å². The van der Waals surface area contributed by atoms with Crippen molar-refractivity contribution in [3.63, 3.8) is 0 Å². The maximum absolute atomic E-state index is 12.0. The van der Waals surface area contributed by atoms with Crippen LogP contribution in [0.1, 0.15) is 42.2 Å². The Balaban J connectivity index is 2.28. The van der Waals surface area contributed by atoms with Gasteiger partial charge in [0, 0.05) is 11.6 Å². The van der Waals surface area contributed by atoms with Crippen LogP contribution in [0.4, 0.5) is 0 Å². The Hall–Kier alpha value is -2.74. The monoisotopic (exact) mass is 346 g/mol. The van der Waals surface area contributed by atoms with E-state index in [2.05, 4.69) is 15.5 Å². The number of amides is 1. The largest absolute Gasteiger partial charge is 0.494 e. The van der Waals surface area contributed by atoms with Gasteiger partial charge in [-0.3, -0.25) is 19.1 Å².